The molecule has 0 aliphatic carbocycles. The first kappa shape index (κ1) is 13.2. The predicted octanol–water partition coefficient (Wildman–Crippen LogP) is 2.13. The Morgan fingerprint density at radius 1 is 1.50 bits per heavy atom. The van der Waals surface area contributed by atoms with Gasteiger partial charge in [-0.1, -0.05) is 0 Å². The minimum absolute atomic E-state index is 0.0595. The molecule has 0 saturated carbocycles. The summed E-state index contributed by atoms with van der Waals surface area (Å²) >= 11 is 0. The molecule has 0 aromatic heterocycles. The molecule has 1 fully saturated rings. The van der Waals surface area contributed by atoms with Crippen molar-refractivity contribution < 1.29 is 19.0 Å². The van der Waals surface area contributed by atoms with E-state index in [0.717, 1.165) is 23.4 Å². The van der Waals surface area contributed by atoms with Crippen molar-refractivity contribution >= 4 is 11.7 Å². The van der Waals surface area contributed by atoms with Gasteiger partial charge in [0.2, 0.25) is 0 Å². The fourth-order valence-electron chi connectivity index (χ4n) is 3.04. The van der Waals surface area contributed by atoms with Crippen LogP contribution >= 0.6 is 0 Å². The van der Waals surface area contributed by atoms with E-state index in [1.54, 1.807) is 7.11 Å². The average molecular weight is 277 g/mol. The van der Waals surface area contributed by atoms with Gasteiger partial charge in [0.25, 0.3) is 0 Å². The molecule has 5 nitrogen and oxygen atoms in total. The van der Waals surface area contributed by atoms with Crippen molar-refractivity contribution in [1.82, 2.24) is 0 Å². The van der Waals surface area contributed by atoms with Crippen molar-refractivity contribution in [3.63, 3.8) is 0 Å². The molecule has 0 spiro atoms. The Morgan fingerprint density at radius 3 is 3.10 bits per heavy atom. The van der Waals surface area contributed by atoms with Gasteiger partial charge < -0.3 is 19.5 Å². The Labute approximate surface area is 118 Å². The fourth-order valence-corrected chi connectivity index (χ4v) is 3.04. The Morgan fingerprint density at radius 2 is 2.35 bits per heavy atom. The summed E-state index contributed by atoms with van der Waals surface area (Å²) in [4.78, 5) is 12.1. The standard InChI is InChI=1S/C15H19NO4/c1-3-19-15(17)13-10-6-7-20-14(10)11-8-9(18-2)4-5-12(11)16-13/h4-5,8,10,13-14,16H,3,6-7H2,1-2H3/t10-,13+,14?/m0/s1. The molecule has 3 atom stereocenters. The zero-order valence-electron chi connectivity index (χ0n) is 11.7. The molecule has 1 aromatic carbocycles. The molecule has 5 heteroatoms. The number of benzene rings is 1. The molecule has 1 aromatic rings. The van der Waals surface area contributed by atoms with Crippen LogP contribution in [0.4, 0.5) is 5.69 Å². The van der Waals surface area contributed by atoms with E-state index in [9.17, 15) is 4.79 Å². The summed E-state index contributed by atoms with van der Waals surface area (Å²) < 4.78 is 16.3. The number of anilines is 1. The van der Waals surface area contributed by atoms with Crippen molar-refractivity contribution in [2.24, 2.45) is 5.92 Å². The Kier molecular flexibility index (Phi) is 3.53. The van der Waals surface area contributed by atoms with Crippen LogP contribution in [0.1, 0.15) is 25.0 Å². The van der Waals surface area contributed by atoms with Gasteiger partial charge in [0.1, 0.15) is 11.8 Å². The van der Waals surface area contributed by atoms with Gasteiger partial charge in [-0.25, -0.2) is 4.79 Å². The molecule has 3 rings (SSSR count). The van der Waals surface area contributed by atoms with Gasteiger partial charge >= 0.3 is 5.97 Å². The van der Waals surface area contributed by atoms with Crippen LogP contribution in [0.3, 0.4) is 0 Å². The van der Waals surface area contributed by atoms with Gasteiger partial charge in [-0.15, -0.1) is 0 Å². The average Bonchev–Trinajstić information content (AvgIpc) is 2.95. The number of hydrogen-bond acceptors (Lipinski definition) is 5. The van der Waals surface area contributed by atoms with Crippen LogP contribution in [0.15, 0.2) is 18.2 Å². The third kappa shape index (κ3) is 2.12. The number of esters is 1. The van der Waals surface area contributed by atoms with Crippen LogP contribution in [0.2, 0.25) is 0 Å². The van der Waals surface area contributed by atoms with E-state index in [2.05, 4.69) is 5.32 Å². The van der Waals surface area contributed by atoms with Crippen molar-refractivity contribution in [3.8, 4) is 5.75 Å². The van der Waals surface area contributed by atoms with Gasteiger partial charge in [0.05, 0.1) is 19.8 Å². The largest absolute Gasteiger partial charge is 0.497 e. The monoisotopic (exact) mass is 277 g/mol. The normalized spacial score (nSPS) is 27.2. The second-order valence-electron chi connectivity index (χ2n) is 5.07. The van der Waals surface area contributed by atoms with Crippen molar-refractivity contribution in [3.05, 3.63) is 23.8 Å². The molecule has 0 bridgehead atoms. The molecular weight excluding hydrogens is 258 g/mol. The highest BCUT2D eigenvalue weighted by Gasteiger charge is 2.44. The maximum absolute atomic E-state index is 12.1. The first-order chi connectivity index (χ1) is 9.74. The van der Waals surface area contributed by atoms with E-state index >= 15 is 0 Å². The molecule has 0 radical (unpaired) electrons. The third-order valence-electron chi connectivity index (χ3n) is 3.98. The van der Waals surface area contributed by atoms with E-state index < -0.39 is 0 Å². The second-order valence-corrected chi connectivity index (χ2v) is 5.07. The molecule has 1 unspecified atom stereocenters. The Hall–Kier alpha value is -1.75. The van der Waals surface area contributed by atoms with Crippen LogP contribution < -0.4 is 10.1 Å². The van der Waals surface area contributed by atoms with Gasteiger partial charge in [-0.05, 0) is 31.5 Å². The fraction of sp³-hybridized carbons (Fsp3) is 0.533. The Balaban J connectivity index is 1.94. The molecule has 0 amide bonds. The first-order valence-corrected chi connectivity index (χ1v) is 6.97. The van der Waals surface area contributed by atoms with Crippen LogP contribution in [-0.4, -0.2) is 32.3 Å². The van der Waals surface area contributed by atoms with E-state index in [1.165, 1.54) is 0 Å². The van der Waals surface area contributed by atoms with E-state index in [1.807, 2.05) is 25.1 Å². The molecule has 108 valence electrons. The van der Waals surface area contributed by atoms with E-state index in [0.29, 0.717) is 13.2 Å². The van der Waals surface area contributed by atoms with Gasteiger partial charge in [-0.3, -0.25) is 0 Å². The summed E-state index contributed by atoms with van der Waals surface area (Å²) in [7, 11) is 1.65. The number of methoxy groups -OCH3 is 1. The summed E-state index contributed by atoms with van der Waals surface area (Å²) in [6, 6.07) is 5.46. The number of ether oxygens (including phenoxy) is 3. The number of fused-ring (bicyclic) bond motifs is 3. The zero-order valence-corrected chi connectivity index (χ0v) is 11.7. The number of carbonyl (C=O) groups excluding carboxylic acids is 1. The highest BCUT2D eigenvalue weighted by molar-refractivity contribution is 5.81. The second kappa shape index (κ2) is 5.32. The highest BCUT2D eigenvalue weighted by atomic mass is 16.5. The lowest BCUT2D eigenvalue weighted by molar-refractivity contribution is -0.146. The van der Waals surface area contributed by atoms with Crippen LogP contribution in [-0.2, 0) is 14.3 Å². The molecule has 1 saturated heterocycles. The van der Waals surface area contributed by atoms with Gasteiger partial charge in [-0.2, -0.15) is 0 Å². The zero-order chi connectivity index (χ0) is 14.1. The van der Waals surface area contributed by atoms with Crippen molar-refractivity contribution in [2.75, 3.05) is 25.6 Å². The summed E-state index contributed by atoms with van der Waals surface area (Å²) in [5.41, 5.74) is 1.99. The lowest BCUT2D eigenvalue weighted by Crippen LogP contribution is -2.43. The molecule has 1 N–H and O–H groups in total. The molecular formula is C15H19NO4. The maximum atomic E-state index is 12.1. The van der Waals surface area contributed by atoms with E-state index in [4.69, 9.17) is 14.2 Å². The summed E-state index contributed by atoms with van der Waals surface area (Å²) in [5, 5.41) is 3.29. The van der Waals surface area contributed by atoms with Crippen LogP contribution in [0, 0.1) is 5.92 Å². The Bertz CT molecular complexity index is 517. The minimum atomic E-state index is -0.330. The maximum Gasteiger partial charge on any atom is 0.328 e. The lowest BCUT2D eigenvalue weighted by Gasteiger charge is -2.34. The predicted molar refractivity (Wildman–Crippen MR) is 73.8 cm³/mol. The SMILES string of the molecule is CCOC(=O)[C@@H]1Nc2ccc(OC)cc2C2OCC[C@H]21. The van der Waals surface area contributed by atoms with Gasteiger partial charge in [0.15, 0.2) is 0 Å². The van der Waals surface area contributed by atoms with Crippen LogP contribution in [0.25, 0.3) is 0 Å². The number of nitrogens with one attached hydrogen (secondary N) is 1. The van der Waals surface area contributed by atoms with Crippen LogP contribution in [0.5, 0.6) is 5.75 Å². The summed E-state index contributed by atoms with van der Waals surface area (Å²) in [5.74, 6) is 0.720. The minimum Gasteiger partial charge on any atom is -0.497 e. The highest BCUT2D eigenvalue weighted by Crippen LogP contribution is 2.45. The number of rotatable bonds is 3. The first-order valence-electron chi connectivity index (χ1n) is 6.97. The quantitative estimate of drug-likeness (QED) is 0.858. The number of carbonyl (C=O) groups is 1. The molecule has 2 heterocycles. The smallest absolute Gasteiger partial charge is 0.328 e. The van der Waals surface area contributed by atoms with E-state index in [-0.39, 0.29) is 24.0 Å². The third-order valence-corrected chi connectivity index (χ3v) is 3.98. The summed E-state index contributed by atoms with van der Waals surface area (Å²) in [6.07, 6.45) is 0.799. The summed E-state index contributed by atoms with van der Waals surface area (Å²) in [6.45, 7) is 2.89. The number of hydrogen-bond donors (Lipinski definition) is 1. The molecule has 20 heavy (non-hydrogen) atoms. The van der Waals surface area contributed by atoms with Crippen molar-refractivity contribution in [2.45, 2.75) is 25.5 Å². The topological polar surface area (TPSA) is 56.8 Å². The lowest BCUT2D eigenvalue weighted by atomic mass is 9.84. The molecule has 2 aliphatic heterocycles. The van der Waals surface area contributed by atoms with Gasteiger partial charge in [0, 0.05) is 23.8 Å². The molecule has 2 aliphatic rings. The van der Waals surface area contributed by atoms with Crippen molar-refractivity contribution in [1.29, 1.82) is 0 Å².